The quantitative estimate of drug-likeness (QED) is 0.885. The van der Waals surface area contributed by atoms with E-state index >= 15 is 0 Å². The zero-order valence-electron chi connectivity index (χ0n) is 10.6. The number of halogens is 1. The van der Waals surface area contributed by atoms with Crippen molar-refractivity contribution in [2.24, 2.45) is 0 Å². The van der Waals surface area contributed by atoms with Crippen LogP contribution in [0.15, 0.2) is 29.1 Å². The van der Waals surface area contributed by atoms with Crippen molar-refractivity contribution in [3.63, 3.8) is 0 Å². The molecule has 0 aliphatic heterocycles. The zero-order valence-corrected chi connectivity index (χ0v) is 10.6. The molecule has 0 radical (unpaired) electrons. The van der Waals surface area contributed by atoms with Crippen molar-refractivity contribution in [2.75, 3.05) is 0 Å². The molecular formula is C14H15FN2O. The van der Waals surface area contributed by atoms with E-state index in [1.807, 2.05) is 13.8 Å². The van der Waals surface area contributed by atoms with Gasteiger partial charge in [-0.2, -0.15) is 0 Å². The summed E-state index contributed by atoms with van der Waals surface area (Å²) in [4.78, 5) is 18.7. The van der Waals surface area contributed by atoms with E-state index in [9.17, 15) is 9.18 Å². The molecule has 0 aliphatic carbocycles. The van der Waals surface area contributed by atoms with Crippen LogP contribution in [0.25, 0.3) is 11.3 Å². The maximum absolute atomic E-state index is 13.5. The average Bonchev–Trinajstić information content (AvgIpc) is 2.31. The highest BCUT2D eigenvalue weighted by Crippen LogP contribution is 2.23. The van der Waals surface area contributed by atoms with Gasteiger partial charge in [0.2, 0.25) is 0 Å². The van der Waals surface area contributed by atoms with Crippen molar-refractivity contribution in [3.05, 3.63) is 51.8 Å². The lowest BCUT2D eigenvalue weighted by atomic mass is 10.0. The molecule has 0 saturated carbocycles. The van der Waals surface area contributed by atoms with Crippen LogP contribution in [0.2, 0.25) is 0 Å². The Bertz CT molecular complexity index is 632. The van der Waals surface area contributed by atoms with E-state index in [1.165, 1.54) is 12.1 Å². The number of aromatic amines is 1. The molecule has 0 aliphatic rings. The smallest absolute Gasteiger partial charge is 0.251 e. The van der Waals surface area contributed by atoms with E-state index < -0.39 is 0 Å². The van der Waals surface area contributed by atoms with Crippen molar-refractivity contribution < 1.29 is 4.39 Å². The highest BCUT2D eigenvalue weighted by atomic mass is 19.1. The van der Waals surface area contributed by atoms with Gasteiger partial charge in [-0.25, -0.2) is 9.37 Å². The van der Waals surface area contributed by atoms with Crippen LogP contribution in [-0.4, -0.2) is 9.97 Å². The first-order valence-corrected chi connectivity index (χ1v) is 5.86. The number of nitrogens with zero attached hydrogens (tertiary/aromatic N) is 1. The summed E-state index contributed by atoms with van der Waals surface area (Å²) in [6.45, 7) is 5.57. The van der Waals surface area contributed by atoms with Gasteiger partial charge in [-0.3, -0.25) is 4.79 Å². The second kappa shape index (κ2) is 4.72. The molecule has 1 N–H and O–H groups in total. The monoisotopic (exact) mass is 246 g/mol. The number of hydrogen-bond donors (Lipinski definition) is 1. The normalized spacial score (nSPS) is 10.9. The minimum Gasteiger partial charge on any atom is -0.310 e. The summed E-state index contributed by atoms with van der Waals surface area (Å²) in [5, 5.41) is 0. The van der Waals surface area contributed by atoms with Crippen molar-refractivity contribution in [1.29, 1.82) is 0 Å². The molecule has 0 saturated heterocycles. The average molecular weight is 246 g/mol. The highest BCUT2D eigenvalue weighted by Gasteiger charge is 2.10. The van der Waals surface area contributed by atoms with E-state index in [0.717, 1.165) is 0 Å². The molecule has 0 atom stereocenters. The summed E-state index contributed by atoms with van der Waals surface area (Å²) in [7, 11) is 0. The van der Waals surface area contributed by atoms with E-state index in [-0.39, 0.29) is 17.3 Å². The predicted octanol–water partition coefficient (Wildman–Crippen LogP) is 3.01. The van der Waals surface area contributed by atoms with Crippen LogP contribution in [0, 0.1) is 12.7 Å². The van der Waals surface area contributed by atoms with Gasteiger partial charge in [0.15, 0.2) is 0 Å². The predicted molar refractivity (Wildman–Crippen MR) is 69.1 cm³/mol. The first kappa shape index (κ1) is 12.5. The second-order valence-corrected chi connectivity index (χ2v) is 4.58. The van der Waals surface area contributed by atoms with E-state index in [1.54, 1.807) is 19.1 Å². The summed E-state index contributed by atoms with van der Waals surface area (Å²) in [5.41, 5.74) is 1.46. The van der Waals surface area contributed by atoms with Crippen LogP contribution < -0.4 is 5.56 Å². The Labute approximate surface area is 105 Å². The van der Waals surface area contributed by atoms with E-state index in [4.69, 9.17) is 0 Å². The SMILES string of the molecule is Cc1c(F)cccc1-c1cc(=O)[nH]c(C(C)C)n1. The van der Waals surface area contributed by atoms with Crippen LogP contribution in [0.4, 0.5) is 4.39 Å². The molecule has 4 heteroatoms. The lowest BCUT2D eigenvalue weighted by Gasteiger charge is -2.09. The van der Waals surface area contributed by atoms with Gasteiger partial charge in [-0.1, -0.05) is 26.0 Å². The molecule has 3 nitrogen and oxygen atoms in total. The molecule has 1 aromatic heterocycles. The van der Waals surface area contributed by atoms with Crippen molar-refractivity contribution in [3.8, 4) is 11.3 Å². The van der Waals surface area contributed by atoms with Crippen molar-refractivity contribution >= 4 is 0 Å². The summed E-state index contributed by atoms with van der Waals surface area (Å²) in [6, 6.07) is 6.18. The lowest BCUT2D eigenvalue weighted by Crippen LogP contribution is -2.12. The summed E-state index contributed by atoms with van der Waals surface area (Å²) < 4.78 is 13.5. The molecule has 0 fully saturated rings. The minimum atomic E-state index is -0.291. The Morgan fingerprint density at radius 1 is 1.33 bits per heavy atom. The Kier molecular flexibility index (Phi) is 3.28. The second-order valence-electron chi connectivity index (χ2n) is 4.58. The van der Waals surface area contributed by atoms with E-state index in [0.29, 0.717) is 22.6 Å². The Hall–Kier alpha value is -1.97. The maximum Gasteiger partial charge on any atom is 0.251 e. The number of hydrogen-bond acceptors (Lipinski definition) is 2. The molecular weight excluding hydrogens is 231 g/mol. The van der Waals surface area contributed by atoms with Gasteiger partial charge in [0.25, 0.3) is 5.56 Å². The van der Waals surface area contributed by atoms with E-state index in [2.05, 4.69) is 9.97 Å². The lowest BCUT2D eigenvalue weighted by molar-refractivity contribution is 0.619. The van der Waals surface area contributed by atoms with Gasteiger partial charge in [0.05, 0.1) is 5.69 Å². The largest absolute Gasteiger partial charge is 0.310 e. The molecule has 18 heavy (non-hydrogen) atoms. The van der Waals surface area contributed by atoms with Crippen LogP contribution >= 0.6 is 0 Å². The third kappa shape index (κ3) is 2.32. The standard InChI is InChI=1S/C14H15FN2O/c1-8(2)14-16-12(7-13(18)17-14)10-5-4-6-11(15)9(10)3/h4-8H,1-3H3,(H,16,17,18). The minimum absolute atomic E-state index is 0.117. The summed E-state index contributed by atoms with van der Waals surface area (Å²) in [6.07, 6.45) is 0. The van der Waals surface area contributed by atoms with Gasteiger partial charge in [-0.15, -0.1) is 0 Å². The molecule has 0 unspecified atom stereocenters. The van der Waals surface area contributed by atoms with Crippen molar-refractivity contribution in [1.82, 2.24) is 9.97 Å². The molecule has 1 heterocycles. The number of aromatic nitrogens is 2. The number of rotatable bonds is 2. The number of benzene rings is 1. The van der Waals surface area contributed by atoms with Crippen LogP contribution in [0.3, 0.4) is 0 Å². The molecule has 2 rings (SSSR count). The van der Waals surface area contributed by atoms with Crippen molar-refractivity contribution in [2.45, 2.75) is 26.7 Å². The number of H-pyrrole nitrogens is 1. The molecule has 0 spiro atoms. The Morgan fingerprint density at radius 3 is 2.72 bits per heavy atom. The first-order chi connectivity index (χ1) is 8.49. The zero-order chi connectivity index (χ0) is 13.3. The molecule has 94 valence electrons. The Morgan fingerprint density at radius 2 is 2.06 bits per heavy atom. The fraction of sp³-hybridized carbons (Fsp3) is 0.286. The van der Waals surface area contributed by atoms with Gasteiger partial charge in [-0.05, 0) is 18.6 Å². The fourth-order valence-corrected chi connectivity index (χ4v) is 1.77. The van der Waals surface area contributed by atoms with Gasteiger partial charge in [0, 0.05) is 17.5 Å². The van der Waals surface area contributed by atoms with Gasteiger partial charge < -0.3 is 4.98 Å². The molecule has 1 aromatic carbocycles. The maximum atomic E-state index is 13.5. The fourth-order valence-electron chi connectivity index (χ4n) is 1.77. The molecule has 0 amide bonds. The summed E-state index contributed by atoms with van der Waals surface area (Å²) in [5.74, 6) is 0.438. The van der Waals surface area contributed by atoms with Crippen LogP contribution in [0.1, 0.15) is 31.2 Å². The third-order valence-corrected chi connectivity index (χ3v) is 2.85. The topological polar surface area (TPSA) is 45.8 Å². The van der Waals surface area contributed by atoms with Gasteiger partial charge in [0.1, 0.15) is 11.6 Å². The third-order valence-electron chi connectivity index (χ3n) is 2.85. The first-order valence-electron chi connectivity index (χ1n) is 5.86. The molecule has 0 bridgehead atoms. The Balaban J connectivity index is 2.64. The van der Waals surface area contributed by atoms with Gasteiger partial charge >= 0.3 is 0 Å². The van der Waals surface area contributed by atoms with Crippen LogP contribution in [0.5, 0.6) is 0 Å². The van der Waals surface area contributed by atoms with Crippen LogP contribution in [-0.2, 0) is 0 Å². The summed E-state index contributed by atoms with van der Waals surface area (Å²) >= 11 is 0. The number of nitrogens with one attached hydrogen (secondary N) is 1. The highest BCUT2D eigenvalue weighted by molar-refractivity contribution is 5.63. The molecule has 2 aromatic rings.